The molecule has 3 rings (SSSR count). The Labute approximate surface area is 142 Å². The van der Waals surface area contributed by atoms with Gasteiger partial charge in [0.2, 0.25) is 0 Å². The van der Waals surface area contributed by atoms with Crippen molar-refractivity contribution in [3.63, 3.8) is 0 Å². The fourth-order valence-corrected chi connectivity index (χ4v) is 2.80. The standard InChI is InChI=1S/C19H22ClNO2/c20-17-8-6-15(7-9-17)14-23-18-4-1-3-16(11-18)12-21-13-19-5-2-10-22-19/h1,3-4,6-9,11,19,21H,2,5,10,12-14H2/t19-/m0/s1. The number of rotatable bonds is 7. The lowest BCUT2D eigenvalue weighted by atomic mass is 10.2. The van der Waals surface area contributed by atoms with E-state index in [0.717, 1.165) is 42.5 Å². The topological polar surface area (TPSA) is 30.5 Å². The lowest BCUT2D eigenvalue weighted by Gasteiger charge is -2.12. The summed E-state index contributed by atoms with van der Waals surface area (Å²) in [7, 11) is 0. The van der Waals surface area contributed by atoms with E-state index >= 15 is 0 Å². The van der Waals surface area contributed by atoms with Gasteiger partial charge in [0.25, 0.3) is 0 Å². The van der Waals surface area contributed by atoms with Gasteiger partial charge in [0.05, 0.1) is 6.10 Å². The van der Waals surface area contributed by atoms with E-state index in [9.17, 15) is 0 Å². The van der Waals surface area contributed by atoms with Gasteiger partial charge in [0.1, 0.15) is 12.4 Å². The third-order valence-corrected chi connectivity index (χ3v) is 4.19. The molecule has 2 aromatic rings. The van der Waals surface area contributed by atoms with Gasteiger partial charge in [-0.05, 0) is 48.2 Å². The van der Waals surface area contributed by atoms with Crippen LogP contribution in [0.3, 0.4) is 0 Å². The molecule has 1 fully saturated rings. The Balaban J connectivity index is 1.47. The molecule has 0 saturated carbocycles. The second-order valence-electron chi connectivity index (χ2n) is 5.83. The van der Waals surface area contributed by atoms with Gasteiger partial charge in [-0.15, -0.1) is 0 Å². The molecule has 1 aliphatic rings. The summed E-state index contributed by atoms with van der Waals surface area (Å²) in [6.45, 7) is 3.19. The van der Waals surface area contributed by atoms with Crippen LogP contribution in [0.5, 0.6) is 5.75 Å². The third-order valence-electron chi connectivity index (χ3n) is 3.94. The summed E-state index contributed by atoms with van der Waals surface area (Å²) in [5.41, 5.74) is 2.33. The van der Waals surface area contributed by atoms with Crippen molar-refractivity contribution in [3.05, 3.63) is 64.7 Å². The molecule has 1 aliphatic heterocycles. The highest BCUT2D eigenvalue weighted by Crippen LogP contribution is 2.17. The number of halogens is 1. The summed E-state index contributed by atoms with van der Waals surface area (Å²) in [5, 5.41) is 4.20. The number of ether oxygens (including phenoxy) is 2. The predicted molar refractivity (Wildman–Crippen MR) is 92.9 cm³/mol. The number of nitrogens with one attached hydrogen (secondary N) is 1. The third kappa shape index (κ3) is 5.24. The van der Waals surface area contributed by atoms with Crippen LogP contribution in [0.25, 0.3) is 0 Å². The molecule has 0 radical (unpaired) electrons. The van der Waals surface area contributed by atoms with E-state index in [-0.39, 0.29) is 0 Å². The van der Waals surface area contributed by atoms with Gasteiger partial charge in [-0.25, -0.2) is 0 Å². The first-order valence-electron chi connectivity index (χ1n) is 8.08. The molecule has 3 nitrogen and oxygen atoms in total. The minimum Gasteiger partial charge on any atom is -0.489 e. The Bertz CT molecular complexity index is 609. The first kappa shape index (κ1) is 16.3. The van der Waals surface area contributed by atoms with E-state index in [1.54, 1.807) is 0 Å². The van der Waals surface area contributed by atoms with Gasteiger partial charge in [0.15, 0.2) is 0 Å². The van der Waals surface area contributed by atoms with Crippen LogP contribution in [-0.2, 0) is 17.9 Å². The van der Waals surface area contributed by atoms with Gasteiger partial charge in [0, 0.05) is 24.7 Å². The van der Waals surface area contributed by atoms with Gasteiger partial charge >= 0.3 is 0 Å². The van der Waals surface area contributed by atoms with Crippen LogP contribution in [-0.4, -0.2) is 19.3 Å². The highest BCUT2D eigenvalue weighted by Gasteiger charge is 2.14. The van der Waals surface area contributed by atoms with E-state index in [1.807, 2.05) is 36.4 Å². The zero-order chi connectivity index (χ0) is 15.9. The van der Waals surface area contributed by atoms with Crippen LogP contribution in [0.4, 0.5) is 0 Å². The molecule has 1 N–H and O–H groups in total. The molecule has 0 unspecified atom stereocenters. The Morgan fingerprint density at radius 1 is 1.13 bits per heavy atom. The Morgan fingerprint density at radius 2 is 2.00 bits per heavy atom. The molecule has 1 atom stereocenters. The van der Waals surface area contributed by atoms with Crippen LogP contribution in [0.15, 0.2) is 48.5 Å². The molecule has 0 amide bonds. The number of benzene rings is 2. The Kier molecular flexibility index (Phi) is 5.92. The fraction of sp³-hybridized carbons (Fsp3) is 0.368. The zero-order valence-electron chi connectivity index (χ0n) is 13.1. The summed E-state index contributed by atoms with van der Waals surface area (Å²) < 4.78 is 11.5. The average molecular weight is 332 g/mol. The van der Waals surface area contributed by atoms with Crippen LogP contribution in [0, 0.1) is 0 Å². The molecule has 2 aromatic carbocycles. The summed E-state index contributed by atoms with van der Waals surface area (Å²) in [4.78, 5) is 0. The maximum Gasteiger partial charge on any atom is 0.120 e. The molecule has 4 heteroatoms. The van der Waals surface area contributed by atoms with Crippen LogP contribution in [0.1, 0.15) is 24.0 Å². The summed E-state index contributed by atoms with van der Waals surface area (Å²) >= 11 is 5.89. The SMILES string of the molecule is Clc1ccc(COc2cccc(CNC[C@@H]3CCCO3)c2)cc1. The van der Waals surface area contributed by atoms with Crippen molar-refractivity contribution in [2.24, 2.45) is 0 Å². The highest BCUT2D eigenvalue weighted by molar-refractivity contribution is 6.30. The molecule has 0 aliphatic carbocycles. The van der Waals surface area contributed by atoms with E-state index in [0.29, 0.717) is 12.7 Å². The molecule has 1 saturated heterocycles. The van der Waals surface area contributed by atoms with Crippen molar-refractivity contribution in [2.45, 2.75) is 32.1 Å². The average Bonchev–Trinajstić information content (AvgIpc) is 3.08. The number of hydrogen-bond acceptors (Lipinski definition) is 3. The minimum absolute atomic E-state index is 0.374. The Hall–Kier alpha value is -1.55. The lowest BCUT2D eigenvalue weighted by Crippen LogP contribution is -2.25. The fourth-order valence-electron chi connectivity index (χ4n) is 2.68. The monoisotopic (exact) mass is 331 g/mol. The van der Waals surface area contributed by atoms with Gasteiger partial charge in [-0.2, -0.15) is 0 Å². The quantitative estimate of drug-likeness (QED) is 0.825. The molecule has 0 bridgehead atoms. The molecular formula is C19H22ClNO2. The molecule has 0 spiro atoms. The largest absolute Gasteiger partial charge is 0.489 e. The van der Waals surface area contributed by atoms with Crippen LogP contribution < -0.4 is 10.1 Å². The first-order chi connectivity index (χ1) is 11.3. The first-order valence-corrected chi connectivity index (χ1v) is 8.46. The van der Waals surface area contributed by atoms with Crippen molar-refractivity contribution < 1.29 is 9.47 Å². The zero-order valence-corrected chi connectivity index (χ0v) is 13.9. The predicted octanol–water partition coefficient (Wildman–Crippen LogP) is 4.19. The Morgan fingerprint density at radius 3 is 2.78 bits per heavy atom. The van der Waals surface area contributed by atoms with E-state index in [4.69, 9.17) is 21.1 Å². The van der Waals surface area contributed by atoms with Crippen LogP contribution in [0.2, 0.25) is 5.02 Å². The molecule has 23 heavy (non-hydrogen) atoms. The maximum absolute atomic E-state index is 5.89. The van der Waals surface area contributed by atoms with Crippen molar-refractivity contribution in [2.75, 3.05) is 13.2 Å². The van der Waals surface area contributed by atoms with E-state index < -0.39 is 0 Å². The highest BCUT2D eigenvalue weighted by atomic mass is 35.5. The van der Waals surface area contributed by atoms with Gasteiger partial charge in [-0.3, -0.25) is 0 Å². The number of hydrogen-bond donors (Lipinski definition) is 1. The summed E-state index contributed by atoms with van der Waals surface area (Å²) in [6.07, 6.45) is 2.72. The van der Waals surface area contributed by atoms with E-state index in [2.05, 4.69) is 17.4 Å². The summed E-state index contributed by atoms with van der Waals surface area (Å²) in [6, 6.07) is 15.9. The van der Waals surface area contributed by atoms with Crippen molar-refractivity contribution in [3.8, 4) is 5.75 Å². The smallest absolute Gasteiger partial charge is 0.120 e. The van der Waals surface area contributed by atoms with Gasteiger partial charge < -0.3 is 14.8 Å². The summed E-state index contributed by atoms with van der Waals surface area (Å²) in [5.74, 6) is 0.886. The second kappa shape index (κ2) is 8.34. The lowest BCUT2D eigenvalue weighted by molar-refractivity contribution is 0.110. The maximum atomic E-state index is 5.89. The van der Waals surface area contributed by atoms with E-state index in [1.165, 1.54) is 12.0 Å². The van der Waals surface area contributed by atoms with Crippen LogP contribution >= 0.6 is 11.6 Å². The van der Waals surface area contributed by atoms with Crippen molar-refractivity contribution >= 4 is 11.6 Å². The normalized spacial score (nSPS) is 17.3. The molecular weight excluding hydrogens is 310 g/mol. The molecule has 122 valence electrons. The molecule has 1 heterocycles. The molecule has 0 aromatic heterocycles. The second-order valence-corrected chi connectivity index (χ2v) is 6.26. The minimum atomic E-state index is 0.374. The van der Waals surface area contributed by atoms with Crippen molar-refractivity contribution in [1.82, 2.24) is 5.32 Å². The van der Waals surface area contributed by atoms with Crippen molar-refractivity contribution in [1.29, 1.82) is 0 Å². The van der Waals surface area contributed by atoms with Gasteiger partial charge in [-0.1, -0.05) is 35.9 Å².